The van der Waals surface area contributed by atoms with Gasteiger partial charge in [0, 0.05) is 37.7 Å². The summed E-state index contributed by atoms with van der Waals surface area (Å²) in [5.74, 6) is 0.659. The summed E-state index contributed by atoms with van der Waals surface area (Å²) in [5.41, 5.74) is 2.71. The lowest BCUT2D eigenvalue weighted by Crippen LogP contribution is -2.44. The normalized spacial score (nSPS) is 23.3. The summed E-state index contributed by atoms with van der Waals surface area (Å²) in [4.78, 5) is 49.8. The molecule has 2 aliphatic carbocycles. The fraction of sp³-hybridized carbons (Fsp3) is 0.625. The van der Waals surface area contributed by atoms with Crippen molar-refractivity contribution < 1.29 is 14.3 Å². The first kappa shape index (κ1) is 21.5. The molecule has 2 aliphatic heterocycles. The quantitative estimate of drug-likeness (QED) is 0.718. The molecule has 2 aromatic rings. The summed E-state index contributed by atoms with van der Waals surface area (Å²) in [5, 5.41) is 4.37. The van der Waals surface area contributed by atoms with Gasteiger partial charge in [-0.15, -0.1) is 0 Å². The van der Waals surface area contributed by atoms with Crippen molar-refractivity contribution in [1.29, 1.82) is 0 Å². The third kappa shape index (κ3) is 3.46. The molecule has 10 nitrogen and oxygen atoms in total. The number of piperidine rings is 1. The fourth-order valence-corrected chi connectivity index (χ4v) is 5.94. The number of H-pyrrole nitrogens is 1. The van der Waals surface area contributed by atoms with Gasteiger partial charge in [0.2, 0.25) is 11.9 Å². The van der Waals surface area contributed by atoms with Gasteiger partial charge >= 0.3 is 0 Å². The van der Waals surface area contributed by atoms with Gasteiger partial charge in [0.25, 0.3) is 11.5 Å². The first-order valence-electron chi connectivity index (χ1n) is 12.3. The van der Waals surface area contributed by atoms with E-state index in [9.17, 15) is 14.4 Å². The van der Waals surface area contributed by atoms with Gasteiger partial charge in [0.15, 0.2) is 0 Å². The molecule has 1 spiro atoms. The first-order valence-corrected chi connectivity index (χ1v) is 12.3. The van der Waals surface area contributed by atoms with Crippen LogP contribution in [0.2, 0.25) is 0 Å². The molecule has 0 radical (unpaired) electrons. The van der Waals surface area contributed by atoms with E-state index in [2.05, 4.69) is 15.1 Å². The van der Waals surface area contributed by atoms with Gasteiger partial charge in [-0.05, 0) is 50.9 Å². The van der Waals surface area contributed by atoms with E-state index in [1.807, 2.05) is 16.7 Å². The number of amides is 2. The van der Waals surface area contributed by atoms with Crippen LogP contribution in [0.3, 0.4) is 0 Å². The van der Waals surface area contributed by atoms with Gasteiger partial charge in [-0.2, -0.15) is 5.10 Å². The minimum absolute atomic E-state index is 0.0548. The smallest absolute Gasteiger partial charge is 0.257 e. The number of aromatic nitrogens is 4. The number of aryl methyl sites for hydroxylation is 1. The number of likely N-dealkylation sites (tertiary alicyclic amines) is 1. The molecule has 10 heteroatoms. The zero-order valence-electron chi connectivity index (χ0n) is 19.5. The highest BCUT2D eigenvalue weighted by molar-refractivity contribution is 5.95. The van der Waals surface area contributed by atoms with E-state index in [0.29, 0.717) is 56.6 Å². The molecule has 2 amide bonds. The standard InChI is InChI=1S/C24H30N6O4/c1-15-17(14-25-30(15)23-26-19-4-2-3-16(19)20(31)27-23)21(32)28-7-5-24(6-8-28)13-18(24)22(33)29-9-11-34-12-10-29/h14,18H,2-13H2,1H3,(H,26,27,31). The maximum Gasteiger partial charge on any atom is 0.257 e. The van der Waals surface area contributed by atoms with Gasteiger partial charge in [-0.25, -0.2) is 9.67 Å². The number of hydrogen-bond acceptors (Lipinski definition) is 6. The maximum atomic E-state index is 13.3. The molecule has 2 saturated heterocycles. The third-order valence-electron chi connectivity index (χ3n) is 8.23. The molecule has 1 unspecified atom stereocenters. The van der Waals surface area contributed by atoms with Crippen molar-refractivity contribution in [1.82, 2.24) is 29.5 Å². The van der Waals surface area contributed by atoms with Gasteiger partial charge in [-0.3, -0.25) is 19.4 Å². The molecule has 4 aliphatic rings. The summed E-state index contributed by atoms with van der Waals surface area (Å²) >= 11 is 0. The lowest BCUT2D eigenvalue weighted by Gasteiger charge is -2.34. The number of morpholine rings is 1. The molecule has 3 fully saturated rings. The van der Waals surface area contributed by atoms with Crippen molar-refractivity contribution in [3.05, 3.63) is 39.1 Å². The van der Waals surface area contributed by atoms with Gasteiger partial charge in [-0.1, -0.05) is 0 Å². The van der Waals surface area contributed by atoms with Crippen molar-refractivity contribution >= 4 is 11.8 Å². The van der Waals surface area contributed by atoms with Crippen molar-refractivity contribution in [2.45, 2.75) is 45.4 Å². The number of carbonyl (C=O) groups is 2. The Morgan fingerprint density at radius 1 is 1.12 bits per heavy atom. The highest BCUT2D eigenvalue weighted by Gasteiger charge is 2.59. The zero-order valence-corrected chi connectivity index (χ0v) is 19.5. The second-order valence-corrected chi connectivity index (χ2v) is 10.1. The van der Waals surface area contributed by atoms with Gasteiger partial charge in [0.1, 0.15) is 0 Å². The highest BCUT2D eigenvalue weighted by atomic mass is 16.5. The molecule has 1 N–H and O–H groups in total. The van der Waals surface area contributed by atoms with E-state index < -0.39 is 0 Å². The Balaban J connectivity index is 1.13. The average Bonchev–Trinajstić information content (AvgIpc) is 3.17. The molecular formula is C24H30N6O4. The van der Waals surface area contributed by atoms with Crippen LogP contribution in [0.15, 0.2) is 11.0 Å². The van der Waals surface area contributed by atoms with Crippen LogP contribution in [-0.4, -0.2) is 80.8 Å². The Bertz CT molecular complexity index is 1200. The second-order valence-electron chi connectivity index (χ2n) is 10.1. The van der Waals surface area contributed by atoms with Crippen LogP contribution in [0.1, 0.15) is 53.0 Å². The topological polar surface area (TPSA) is 113 Å². The maximum absolute atomic E-state index is 13.3. The number of aromatic amines is 1. The van der Waals surface area contributed by atoms with Crippen LogP contribution >= 0.6 is 0 Å². The van der Waals surface area contributed by atoms with Crippen LogP contribution in [0.25, 0.3) is 5.95 Å². The number of carbonyl (C=O) groups excluding carboxylic acids is 2. The molecule has 180 valence electrons. The Kier molecular flexibility index (Phi) is 5.09. The molecule has 34 heavy (non-hydrogen) atoms. The van der Waals surface area contributed by atoms with Gasteiger partial charge < -0.3 is 14.5 Å². The largest absolute Gasteiger partial charge is 0.378 e. The van der Waals surface area contributed by atoms with E-state index in [4.69, 9.17) is 4.74 Å². The molecule has 1 saturated carbocycles. The van der Waals surface area contributed by atoms with Crippen LogP contribution < -0.4 is 5.56 Å². The van der Waals surface area contributed by atoms with E-state index in [1.165, 1.54) is 0 Å². The molecule has 4 heterocycles. The highest BCUT2D eigenvalue weighted by Crippen LogP contribution is 2.60. The van der Waals surface area contributed by atoms with E-state index in [-0.39, 0.29) is 28.7 Å². The van der Waals surface area contributed by atoms with E-state index >= 15 is 0 Å². The molecule has 0 bridgehead atoms. The molecule has 0 aromatic carbocycles. The van der Waals surface area contributed by atoms with Crippen molar-refractivity contribution in [2.24, 2.45) is 11.3 Å². The predicted octanol–water partition coefficient (Wildman–Crippen LogP) is 0.854. The molecule has 2 aromatic heterocycles. The zero-order chi connectivity index (χ0) is 23.4. The van der Waals surface area contributed by atoms with Crippen LogP contribution in [0, 0.1) is 18.3 Å². The van der Waals surface area contributed by atoms with Crippen LogP contribution in [0.5, 0.6) is 0 Å². The average molecular weight is 467 g/mol. The SMILES string of the molecule is Cc1c(C(=O)N2CCC3(CC2)CC3C(=O)N2CCOCC2)cnn1-c1nc2c(c(=O)[nH]1)CCC2. The van der Waals surface area contributed by atoms with E-state index in [1.54, 1.807) is 10.9 Å². The number of rotatable bonds is 3. The monoisotopic (exact) mass is 466 g/mol. The lowest BCUT2D eigenvalue weighted by molar-refractivity contribution is -0.137. The van der Waals surface area contributed by atoms with Gasteiger partial charge in [0.05, 0.1) is 36.4 Å². The Morgan fingerprint density at radius 3 is 2.65 bits per heavy atom. The number of ether oxygens (including phenoxy) is 1. The number of nitrogens with one attached hydrogen (secondary N) is 1. The minimum Gasteiger partial charge on any atom is -0.378 e. The summed E-state index contributed by atoms with van der Waals surface area (Å²) in [6.45, 7) is 5.73. The fourth-order valence-electron chi connectivity index (χ4n) is 5.94. The van der Waals surface area contributed by atoms with Crippen LogP contribution in [0.4, 0.5) is 0 Å². The number of nitrogens with zero attached hydrogens (tertiary/aromatic N) is 5. The second kappa shape index (κ2) is 8.04. The first-order chi connectivity index (χ1) is 16.5. The summed E-state index contributed by atoms with van der Waals surface area (Å²) in [6, 6.07) is 0. The summed E-state index contributed by atoms with van der Waals surface area (Å²) in [7, 11) is 0. The predicted molar refractivity (Wildman–Crippen MR) is 122 cm³/mol. The summed E-state index contributed by atoms with van der Waals surface area (Å²) < 4.78 is 6.92. The van der Waals surface area contributed by atoms with Crippen molar-refractivity contribution in [2.75, 3.05) is 39.4 Å². The van der Waals surface area contributed by atoms with Crippen molar-refractivity contribution in [3.8, 4) is 5.95 Å². The Morgan fingerprint density at radius 2 is 1.88 bits per heavy atom. The van der Waals surface area contributed by atoms with E-state index in [0.717, 1.165) is 49.8 Å². The number of fused-ring (bicyclic) bond motifs is 1. The van der Waals surface area contributed by atoms with Crippen LogP contribution in [-0.2, 0) is 22.4 Å². The Hall–Kier alpha value is -3.01. The summed E-state index contributed by atoms with van der Waals surface area (Å²) in [6.07, 6.45) is 6.69. The lowest BCUT2D eigenvalue weighted by atomic mass is 9.90. The number of hydrogen-bond donors (Lipinski definition) is 1. The molecule has 1 atom stereocenters. The minimum atomic E-state index is -0.118. The molecular weight excluding hydrogens is 436 g/mol. The third-order valence-corrected chi connectivity index (χ3v) is 8.23. The Labute approximate surface area is 197 Å². The molecule has 6 rings (SSSR count). The van der Waals surface area contributed by atoms with Crippen molar-refractivity contribution in [3.63, 3.8) is 0 Å².